The zero-order valence-corrected chi connectivity index (χ0v) is 17.4. The van der Waals surface area contributed by atoms with Gasteiger partial charge in [0.15, 0.2) is 10.9 Å². The van der Waals surface area contributed by atoms with E-state index in [4.69, 9.17) is 9.72 Å². The van der Waals surface area contributed by atoms with E-state index < -0.39 is 0 Å². The molecule has 7 heteroatoms. The van der Waals surface area contributed by atoms with Crippen molar-refractivity contribution in [2.45, 2.75) is 13.8 Å². The fraction of sp³-hybridized carbons (Fsp3) is 0.318. The molecule has 1 amide bonds. The molecule has 1 aromatic heterocycles. The molecule has 2 aromatic carbocycles. The molecule has 6 nitrogen and oxygen atoms in total. The Labute approximate surface area is 173 Å². The standard InChI is InChI=1S/C22H23N3O3S/c1-3-28-18-5-4-6-19-20(18)23-22(29-19)25-13-11-24(12-14-25)21(27)17-9-7-16(8-10-17)15(2)26/h4-10H,3,11-14H2,1-2H3. The van der Waals surface area contributed by atoms with Crippen molar-refractivity contribution in [2.75, 3.05) is 37.7 Å². The van der Waals surface area contributed by atoms with E-state index in [-0.39, 0.29) is 11.7 Å². The van der Waals surface area contributed by atoms with E-state index >= 15 is 0 Å². The van der Waals surface area contributed by atoms with Crippen molar-refractivity contribution in [3.05, 3.63) is 53.6 Å². The molecule has 0 unspecified atom stereocenters. The number of benzene rings is 2. The number of para-hydroxylation sites is 1. The van der Waals surface area contributed by atoms with Crippen LogP contribution in [0.3, 0.4) is 0 Å². The summed E-state index contributed by atoms with van der Waals surface area (Å²) in [5, 5.41) is 0.963. The first-order valence-corrected chi connectivity index (χ1v) is 10.6. The molecule has 1 saturated heterocycles. The van der Waals surface area contributed by atoms with E-state index in [1.807, 2.05) is 24.0 Å². The maximum absolute atomic E-state index is 12.8. The number of carbonyl (C=O) groups is 2. The maximum atomic E-state index is 12.8. The molecule has 0 radical (unpaired) electrons. The number of aromatic nitrogens is 1. The predicted molar refractivity (Wildman–Crippen MR) is 115 cm³/mol. The van der Waals surface area contributed by atoms with Crippen LogP contribution in [-0.2, 0) is 0 Å². The maximum Gasteiger partial charge on any atom is 0.253 e. The van der Waals surface area contributed by atoms with Crippen molar-refractivity contribution >= 4 is 38.4 Å². The van der Waals surface area contributed by atoms with Gasteiger partial charge in [-0.3, -0.25) is 9.59 Å². The van der Waals surface area contributed by atoms with Crippen LogP contribution in [0.5, 0.6) is 5.75 Å². The molecule has 0 saturated carbocycles. The highest BCUT2D eigenvalue weighted by Crippen LogP contribution is 2.34. The molecule has 0 spiro atoms. The Kier molecular flexibility index (Phi) is 5.49. The lowest BCUT2D eigenvalue weighted by Crippen LogP contribution is -2.48. The molecule has 1 aliphatic rings. The third-order valence-corrected chi connectivity index (χ3v) is 6.13. The summed E-state index contributed by atoms with van der Waals surface area (Å²) in [4.78, 5) is 33.1. The summed E-state index contributed by atoms with van der Waals surface area (Å²) in [6, 6.07) is 12.9. The number of thiazole rings is 1. The summed E-state index contributed by atoms with van der Waals surface area (Å²) in [6.45, 7) is 6.86. The van der Waals surface area contributed by atoms with Crippen LogP contribution in [-0.4, -0.2) is 54.4 Å². The number of ketones is 1. The highest BCUT2D eigenvalue weighted by molar-refractivity contribution is 7.22. The molecule has 150 valence electrons. The minimum absolute atomic E-state index is 0.000872. The lowest BCUT2D eigenvalue weighted by molar-refractivity contribution is 0.0746. The molecule has 2 heterocycles. The van der Waals surface area contributed by atoms with E-state index in [0.29, 0.717) is 30.8 Å². The Morgan fingerprint density at radius 1 is 1.03 bits per heavy atom. The summed E-state index contributed by atoms with van der Waals surface area (Å²) in [5.74, 6) is 0.818. The van der Waals surface area contributed by atoms with Crippen LogP contribution in [0.2, 0.25) is 0 Å². The quantitative estimate of drug-likeness (QED) is 0.599. The van der Waals surface area contributed by atoms with Crippen LogP contribution < -0.4 is 9.64 Å². The van der Waals surface area contributed by atoms with Crippen LogP contribution in [0.1, 0.15) is 34.6 Å². The van der Waals surface area contributed by atoms with Crippen LogP contribution in [0.15, 0.2) is 42.5 Å². The lowest BCUT2D eigenvalue weighted by atomic mass is 10.1. The van der Waals surface area contributed by atoms with Crippen LogP contribution in [0.25, 0.3) is 10.2 Å². The van der Waals surface area contributed by atoms with Crippen LogP contribution >= 0.6 is 11.3 Å². The molecule has 1 aliphatic heterocycles. The molecule has 3 aromatic rings. The Morgan fingerprint density at radius 2 is 1.72 bits per heavy atom. The number of carbonyl (C=O) groups excluding carboxylic acids is 2. The van der Waals surface area contributed by atoms with Crippen LogP contribution in [0, 0.1) is 0 Å². The Hall–Kier alpha value is -2.93. The fourth-order valence-electron chi connectivity index (χ4n) is 3.45. The van der Waals surface area contributed by atoms with Gasteiger partial charge in [-0.2, -0.15) is 0 Å². The summed E-state index contributed by atoms with van der Waals surface area (Å²) in [5.41, 5.74) is 2.14. The Balaban J connectivity index is 1.44. The van der Waals surface area contributed by atoms with E-state index in [1.165, 1.54) is 6.92 Å². The summed E-state index contributed by atoms with van der Waals surface area (Å²) in [6.07, 6.45) is 0. The molecule has 0 aliphatic carbocycles. The van der Waals surface area contributed by atoms with E-state index in [9.17, 15) is 9.59 Å². The monoisotopic (exact) mass is 409 g/mol. The number of amides is 1. The van der Waals surface area contributed by atoms with E-state index in [1.54, 1.807) is 35.6 Å². The topological polar surface area (TPSA) is 62.7 Å². The summed E-state index contributed by atoms with van der Waals surface area (Å²) < 4.78 is 6.80. The van der Waals surface area contributed by atoms with Crippen molar-refractivity contribution in [1.82, 2.24) is 9.88 Å². The number of anilines is 1. The van der Waals surface area contributed by atoms with Crippen molar-refractivity contribution in [1.29, 1.82) is 0 Å². The SMILES string of the molecule is CCOc1cccc2sc(N3CCN(C(=O)c4ccc(C(C)=O)cc4)CC3)nc12. The van der Waals surface area contributed by atoms with Gasteiger partial charge in [-0.25, -0.2) is 4.98 Å². The van der Waals surface area contributed by atoms with Gasteiger partial charge in [0.05, 0.1) is 11.3 Å². The number of rotatable bonds is 5. The lowest BCUT2D eigenvalue weighted by Gasteiger charge is -2.34. The zero-order valence-electron chi connectivity index (χ0n) is 16.6. The molecule has 1 fully saturated rings. The highest BCUT2D eigenvalue weighted by atomic mass is 32.1. The van der Waals surface area contributed by atoms with Crippen molar-refractivity contribution < 1.29 is 14.3 Å². The summed E-state index contributed by atoms with van der Waals surface area (Å²) in [7, 11) is 0. The number of hydrogen-bond donors (Lipinski definition) is 0. The fourth-order valence-corrected chi connectivity index (χ4v) is 4.48. The Morgan fingerprint density at radius 3 is 2.38 bits per heavy atom. The highest BCUT2D eigenvalue weighted by Gasteiger charge is 2.24. The molecule has 29 heavy (non-hydrogen) atoms. The zero-order chi connectivity index (χ0) is 20.4. The number of ether oxygens (including phenoxy) is 1. The minimum atomic E-state index is 0.000872. The van der Waals surface area contributed by atoms with Gasteiger partial charge in [0.2, 0.25) is 0 Å². The number of nitrogens with zero attached hydrogens (tertiary/aromatic N) is 3. The first kappa shape index (κ1) is 19.4. The van der Waals surface area contributed by atoms with Gasteiger partial charge in [0, 0.05) is 37.3 Å². The molecular formula is C22H23N3O3S. The molecule has 0 atom stereocenters. The van der Waals surface area contributed by atoms with Gasteiger partial charge in [-0.15, -0.1) is 0 Å². The second-order valence-corrected chi connectivity index (χ2v) is 7.95. The van der Waals surface area contributed by atoms with Gasteiger partial charge in [0.25, 0.3) is 5.91 Å². The smallest absolute Gasteiger partial charge is 0.253 e. The number of hydrogen-bond acceptors (Lipinski definition) is 6. The molecular weight excluding hydrogens is 386 g/mol. The first-order chi connectivity index (χ1) is 14.1. The molecule has 4 rings (SSSR count). The van der Waals surface area contributed by atoms with Gasteiger partial charge in [0.1, 0.15) is 11.3 Å². The van der Waals surface area contributed by atoms with Gasteiger partial charge in [-0.1, -0.05) is 29.5 Å². The third-order valence-electron chi connectivity index (χ3n) is 5.05. The van der Waals surface area contributed by atoms with E-state index in [2.05, 4.69) is 11.0 Å². The second-order valence-electron chi connectivity index (χ2n) is 6.95. The number of piperazine rings is 1. The third kappa shape index (κ3) is 3.96. The average molecular weight is 410 g/mol. The molecule has 0 bridgehead atoms. The van der Waals surface area contributed by atoms with E-state index in [0.717, 1.165) is 34.2 Å². The average Bonchev–Trinajstić information content (AvgIpc) is 3.19. The second kappa shape index (κ2) is 8.21. The van der Waals surface area contributed by atoms with Crippen molar-refractivity contribution in [3.8, 4) is 5.75 Å². The molecule has 0 N–H and O–H groups in total. The van der Waals surface area contributed by atoms with Gasteiger partial charge in [-0.05, 0) is 38.1 Å². The minimum Gasteiger partial charge on any atom is -0.492 e. The Bertz CT molecular complexity index is 1040. The van der Waals surface area contributed by atoms with Crippen LogP contribution in [0.4, 0.5) is 5.13 Å². The largest absolute Gasteiger partial charge is 0.492 e. The van der Waals surface area contributed by atoms with Crippen molar-refractivity contribution in [3.63, 3.8) is 0 Å². The normalized spacial score (nSPS) is 14.3. The van der Waals surface area contributed by atoms with Gasteiger partial charge < -0.3 is 14.5 Å². The predicted octanol–water partition coefficient (Wildman–Crippen LogP) is 3.86. The number of fused-ring (bicyclic) bond motifs is 1. The number of Topliss-reactive ketones (excluding diaryl/α,β-unsaturated/α-hetero) is 1. The van der Waals surface area contributed by atoms with Crippen molar-refractivity contribution in [2.24, 2.45) is 0 Å². The summed E-state index contributed by atoms with van der Waals surface area (Å²) >= 11 is 1.65. The first-order valence-electron chi connectivity index (χ1n) is 9.74. The van der Waals surface area contributed by atoms with Gasteiger partial charge >= 0.3 is 0 Å².